The van der Waals surface area contributed by atoms with Gasteiger partial charge in [-0.2, -0.15) is 0 Å². The zero-order valence-electron chi connectivity index (χ0n) is 9.67. The number of carbonyl (C=O) groups excluding carboxylic acids is 1. The van der Waals surface area contributed by atoms with Gasteiger partial charge in [-0.1, -0.05) is 0 Å². The highest BCUT2D eigenvalue weighted by molar-refractivity contribution is 5.95. The van der Waals surface area contributed by atoms with Crippen LogP contribution in [0.1, 0.15) is 10.4 Å². The zero-order valence-corrected chi connectivity index (χ0v) is 9.67. The second-order valence-electron chi connectivity index (χ2n) is 4.96. The molecule has 0 bridgehead atoms. The van der Waals surface area contributed by atoms with E-state index in [0.717, 1.165) is 26.3 Å². The van der Waals surface area contributed by atoms with Crippen LogP contribution in [0.15, 0.2) is 24.3 Å². The van der Waals surface area contributed by atoms with E-state index in [9.17, 15) is 14.9 Å². The summed E-state index contributed by atoms with van der Waals surface area (Å²) >= 11 is 0. The molecule has 0 N–H and O–H groups in total. The molecule has 0 atom stereocenters. The molecule has 1 spiro atoms. The number of rotatable bonds is 2. The fraction of sp³-hybridized carbons (Fsp3) is 0.417. The van der Waals surface area contributed by atoms with Crippen molar-refractivity contribution in [3.8, 4) is 0 Å². The molecule has 0 aromatic heterocycles. The summed E-state index contributed by atoms with van der Waals surface area (Å²) in [5, 5.41) is 10.5. The van der Waals surface area contributed by atoms with Crippen molar-refractivity contribution in [2.75, 3.05) is 26.3 Å². The molecule has 6 heteroatoms. The van der Waals surface area contributed by atoms with E-state index in [0.29, 0.717) is 5.56 Å². The predicted octanol–water partition coefficient (Wildman–Crippen LogP) is 1.07. The number of carbonyl (C=O) groups is 1. The van der Waals surface area contributed by atoms with Gasteiger partial charge in [0.1, 0.15) is 0 Å². The van der Waals surface area contributed by atoms with Crippen LogP contribution in [0.25, 0.3) is 0 Å². The van der Waals surface area contributed by atoms with E-state index in [1.807, 2.05) is 0 Å². The van der Waals surface area contributed by atoms with Crippen molar-refractivity contribution in [3.05, 3.63) is 39.9 Å². The van der Waals surface area contributed by atoms with Crippen LogP contribution in [-0.4, -0.2) is 42.0 Å². The van der Waals surface area contributed by atoms with Crippen molar-refractivity contribution in [1.82, 2.24) is 4.90 Å². The van der Waals surface area contributed by atoms with Crippen LogP contribution in [0.5, 0.6) is 0 Å². The molecule has 6 nitrogen and oxygen atoms in total. The third kappa shape index (κ3) is 1.65. The van der Waals surface area contributed by atoms with Gasteiger partial charge in [0.25, 0.3) is 11.6 Å². The van der Waals surface area contributed by atoms with E-state index in [-0.39, 0.29) is 17.0 Å². The minimum atomic E-state index is -0.474. The van der Waals surface area contributed by atoms with Gasteiger partial charge in [0, 0.05) is 30.8 Å². The third-order valence-electron chi connectivity index (χ3n) is 3.48. The summed E-state index contributed by atoms with van der Waals surface area (Å²) in [7, 11) is 0. The smallest absolute Gasteiger partial charge is 0.269 e. The van der Waals surface area contributed by atoms with Crippen LogP contribution in [0.3, 0.4) is 0 Å². The molecule has 1 aromatic rings. The van der Waals surface area contributed by atoms with Crippen LogP contribution in [0.2, 0.25) is 0 Å². The first-order valence-corrected chi connectivity index (χ1v) is 5.71. The molecular weight excluding hydrogens is 236 g/mol. The Kier molecular flexibility index (Phi) is 2.34. The van der Waals surface area contributed by atoms with Gasteiger partial charge in [-0.05, 0) is 12.1 Å². The molecule has 2 saturated heterocycles. The summed E-state index contributed by atoms with van der Waals surface area (Å²) in [5.41, 5.74) is 0.686. The van der Waals surface area contributed by atoms with Crippen molar-refractivity contribution < 1.29 is 14.5 Å². The number of likely N-dealkylation sites (tertiary alicyclic amines) is 1. The summed E-state index contributed by atoms with van der Waals surface area (Å²) in [5.74, 6) is -0.0672. The first-order chi connectivity index (χ1) is 8.60. The second kappa shape index (κ2) is 3.78. The summed E-state index contributed by atoms with van der Waals surface area (Å²) in [4.78, 5) is 23.8. The Morgan fingerprint density at radius 2 is 1.89 bits per heavy atom. The average molecular weight is 248 g/mol. The Hall–Kier alpha value is -1.95. The van der Waals surface area contributed by atoms with E-state index in [2.05, 4.69) is 0 Å². The van der Waals surface area contributed by atoms with Crippen molar-refractivity contribution in [2.24, 2.45) is 5.41 Å². The van der Waals surface area contributed by atoms with Gasteiger partial charge >= 0.3 is 0 Å². The number of hydrogen-bond donors (Lipinski definition) is 0. The fourth-order valence-corrected chi connectivity index (χ4v) is 2.39. The van der Waals surface area contributed by atoms with Gasteiger partial charge in [-0.15, -0.1) is 0 Å². The van der Waals surface area contributed by atoms with Gasteiger partial charge in [0.15, 0.2) is 0 Å². The zero-order chi connectivity index (χ0) is 12.8. The lowest BCUT2D eigenvalue weighted by Gasteiger charge is -2.54. The van der Waals surface area contributed by atoms with Gasteiger partial charge in [0.2, 0.25) is 0 Å². The molecule has 1 aromatic carbocycles. The lowest BCUT2D eigenvalue weighted by molar-refractivity contribution is -0.384. The fourth-order valence-electron chi connectivity index (χ4n) is 2.39. The first-order valence-electron chi connectivity index (χ1n) is 5.71. The Morgan fingerprint density at radius 1 is 1.28 bits per heavy atom. The number of amides is 1. The van der Waals surface area contributed by atoms with Crippen LogP contribution in [-0.2, 0) is 4.74 Å². The van der Waals surface area contributed by atoms with E-state index in [4.69, 9.17) is 4.74 Å². The normalized spacial score (nSPS) is 20.1. The molecule has 18 heavy (non-hydrogen) atoms. The topological polar surface area (TPSA) is 72.7 Å². The Morgan fingerprint density at radius 3 is 2.33 bits per heavy atom. The summed E-state index contributed by atoms with van der Waals surface area (Å²) in [6.45, 7) is 2.92. The molecule has 94 valence electrons. The second-order valence-corrected chi connectivity index (χ2v) is 4.96. The number of non-ortho nitro benzene ring substituents is 1. The number of nitro groups is 1. The maximum atomic E-state index is 12.1. The highest BCUT2D eigenvalue weighted by Gasteiger charge is 2.50. The minimum Gasteiger partial charge on any atom is -0.380 e. The quantitative estimate of drug-likeness (QED) is 0.579. The maximum absolute atomic E-state index is 12.1. The van der Waals surface area contributed by atoms with Gasteiger partial charge in [0.05, 0.1) is 23.6 Å². The monoisotopic (exact) mass is 248 g/mol. The molecule has 2 fully saturated rings. The van der Waals surface area contributed by atoms with Crippen LogP contribution < -0.4 is 0 Å². The van der Waals surface area contributed by atoms with Crippen molar-refractivity contribution in [2.45, 2.75) is 0 Å². The molecule has 3 rings (SSSR count). The van der Waals surface area contributed by atoms with E-state index in [1.54, 1.807) is 4.90 Å². The molecule has 2 aliphatic heterocycles. The highest BCUT2D eigenvalue weighted by Crippen LogP contribution is 2.38. The molecule has 0 saturated carbocycles. The molecule has 2 heterocycles. The first kappa shape index (κ1) is 11.2. The van der Waals surface area contributed by atoms with E-state index < -0.39 is 4.92 Å². The van der Waals surface area contributed by atoms with Crippen molar-refractivity contribution in [1.29, 1.82) is 0 Å². The van der Waals surface area contributed by atoms with Crippen LogP contribution >= 0.6 is 0 Å². The molecule has 0 aliphatic carbocycles. The van der Waals surface area contributed by atoms with Crippen LogP contribution in [0, 0.1) is 15.5 Å². The summed E-state index contributed by atoms with van der Waals surface area (Å²) in [6, 6.07) is 5.72. The Balaban J connectivity index is 1.67. The van der Waals surface area contributed by atoms with E-state index in [1.165, 1.54) is 24.3 Å². The number of hydrogen-bond acceptors (Lipinski definition) is 4. The van der Waals surface area contributed by atoms with E-state index >= 15 is 0 Å². The molecular formula is C12H12N2O4. The lowest BCUT2D eigenvalue weighted by Crippen LogP contribution is -2.67. The van der Waals surface area contributed by atoms with Crippen molar-refractivity contribution in [3.63, 3.8) is 0 Å². The highest BCUT2D eigenvalue weighted by atomic mass is 16.6. The SMILES string of the molecule is O=C(c1ccc([N+](=O)[O-])cc1)N1CC2(COC2)C1. The molecule has 1 amide bonds. The maximum Gasteiger partial charge on any atom is 0.269 e. The molecule has 2 aliphatic rings. The summed E-state index contributed by atoms with van der Waals surface area (Å²) < 4.78 is 5.14. The minimum absolute atomic E-state index is 0.000905. The third-order valence-corrected chi connectivity index (χ3v) is 3.48. The van der Waals surface area contributed by atoms with Gasteiger partial charge < -0.3 is 9.64 Å². The van der Waals surface area contributed by atoms with Crippen LogP contribution in [0.4, 0.5) is 5.69 Å². The number of nitrogens with zero attached hydrogens (tertiary/aromatic N) is 2. The number of nitro benzene ring substituents is 1. The lowest BCUT2D eigenvalue weighted by atomic mass is 9.78. The van der Waals surface area contributed by atoms with Gasteiger partial charge in [-0.3, -0.25) is 14.9 Å². The van der Waals surface area contributed by atoms with Gasteiger partial charge in [-0.25, -0.2) is 0 Å². The summed E-state index contributed by atoms with van der Waals surface area (Å²) in [6.07, 6.45) is 0. The Bertz CT molecular complexity index is 499. The largest absolute Gasteiger partial charge is 0.380 e. The molecule has 0 unspecified atom stereocenters. The Labute approximate surface area is 103 Å². The number of ether oxygens (including phenoxy) is 1. The standard InChI is InChI=1S/C12H12N2O4/c15-11(13-5-12(6-13)7-18-8-12)9-1-3-10(4-2-9)14(16)17/h1-4H,5-8H2. The van der Waals surface area contributed by atoms with Crippen molar-refractivity contribution >= 4 is 11.6 Å². The number of benzene rings is 1. The molecule has 0 radical (unpaired) electrons. The average Bonchev–Trinajstić information content (AvgIpc) is 2.25. The predicted molar refractivity (Wildman–Crippen MR) is 62.3 cm³/mol.